The fourth-order valence-electron chi connectivity index (χ4n) is 1.18. The van der Waals surface area contributed by atoms with Crippen molar-refractivity contribution in [3.8, 4) is 17.2 Å². The van der Waals surface area contributed by atoms with Crippen molar-refractivity contribution in [3.05, 3.63) is 17.7 Å². The fourth-order valence-corrected chi connectivity index (χ4v) is 1.18. The Bertz CT molecular complexity index is 389. The van der Waals surface area contributed by atoms with E-state index in [1.807, 2.05) is 0 Å². The maximum Gasteiger partial charge on any atom is 0.573 e. The molecule has 0 radical (unpaired) electrons. The predicted octanol–water partition coefficient (Wildman–Crippen LogP) is 2.41. The summed E-state index contributed by atoms with van der Waals surface area (Å²) in [6, 6.07) is 2.24. The molecule has 0 unspecified atom stereocenters. The molecule has 0 aliphatic rings. The summed E-state index contributed by atoms with van der Waals surface area (Å²) >= 11 is 0. The van der Waals surface area contributed by atoms with Gasteiger partial charge in [0.1, 0.15) is 6.29 Å². The Labute approximate surface area is 94.9 Å². The molecular formula is C10H9F3O4. The van der Waals surface area contributed by atoms with Gasteiger partial charge in [0.15, 0.2) is 11.5 Å². The van der Waals surface area contributed by atoms with E-state index in [2.05, 4.69) is 4.74 Å². The van der Waals surface area contributed by atoms with Crippen molar-refractivity contribution in [1.29, 1.82) is 0 Å². The molecule has 0 aromatic heterocycles. The van der Waals surface area contributed by atoms with Crippen LogP contribution < -0.4 is 14.2 Å². The molecule has 0 spiro atoms. The van der Waals surface area contributed by atoms with Crippen molar-refractivity contribution in [2.24, 2.45) is 0 Å². The van der Waals surface area contributed by atoms with E-state index in [1.165, 1.54) is 0 Å². The lowest BCUT2D eigenvalue weighted by molar-refractivity contribution is -0.275. The molecule has 0 aliphatic carbocycles. The van der Waals surface area contributed by atoms with E-state index in [9.17, 15) is 18.0 Å². The van der Waals surface area contributed by atoms with Gasteiger partial charge >= 0.3 is 6.36 Å². The van der Waals surface area contributed by atoms with Crippen LogP contribution >= 0.6 is 0 Å². The molecule has 0 N–H and O–H groups in total. The number of hydrogen-bond acceptors (Lipinski definition) is 4. The first kappa shape index (κ1) is 13.1. The second-order valence-corrected chi connectivity index (χ2v) is 2.92. The van der Waals surface area contributed by atoms with E-state index in [1.54, 1.807) is 0 Å². The van der Waals surface area contributed by atoms with Crippen molar-refractivity contribution >= 4 is 6.29 Å². The van der Waals surface area contributed by atoms with Crippen LogP contribution in [0.5, 0.6) is 17.2 Å². The lowest BCUT2D eigenvalue weighted by Gasteiger charge is -2.15. The fraction of sp³-hybridized carbons (Fsp3) is 0.300. The number of rotatable bonds is 4. The average Bonchev–Trinajstić information content (AvgIpc) is 2.27. The second kappa shape index (κ2) is 4.94. The Hall–Kier alpha value is -1.92. The molecule has 7 heteroatoms. The van der Waals surface area contributed by atoms with Gasteiger partial charge in [0.25, 0.3) is 0 Å². The zero-order valence-electron chi connectivity index (χ0n) is 9.00. The normalized spacial score (nSPS) is 10.9. The van der Waals surface area contributed by atoms with Crippen LogP contribution in [0.15, 0.2) is 12.1 Å². The first-order chi connectivity index (χ1) is 7.91. The highest BCUT2D eigenvalue weighted by molar-refractivity contribution is 5.78. The third kappa shape index (κ3) is 3.27. The van der Waals surface area contributed by atoms with Crippen molar-refractivity contribution in [1.82, 2.24) is 0 Å². The molecule has 1 aromatic rings. The minimum Gasteiger partial charge on any atom is -0.493 e. The number of carbonyl (C=O) groups excluding carboxylic acids is 1. The summed E-state index contributed by atoms with van der Waals surface area (Å²) in [4.78, 5) is 10.6. The van der Waals surface area contributed by atoms with Gasteiger partial charge in [0.05, 0.1) is 14.2 Å². The van der Waals surface area contributed by atoms with E-state index >= 15 is 0 Å². The Morgan fingerprint density at radius 2 is 1.59 bits per heavy atom. The third-order valence-corrected chi connectivity index (χ3v) is 1.84. The molecule has 94 valence electrons. The number of halogens is 3. The molecule has 0 bridgehead atoms. The van der Waals surface area contributed by atoms with Crippen molar-refractivity contribution in [2.75, 3.05) is 14.2 Å². The van der Waals surface area contributed by atoms with Crippen LogP contribution in [0.2, 0.25) is 0 Å². The molecule has 0 atom stereocenters. The van der Waals surface area contributed by atoms with Crippen LogP contribution in [-0.2, 0) is 0 Å². The number of alkyl halides is 3. The van der Waals surface area contributed by atoms with Gasteiger partial charge in [-0.25, -0.2) is 0 Å². The maximum atomic E-state index is 12.2. The minimum atomic E-state index is -4.87. The van der Waals surface area contributed by atoms with Gasteiger partial charge in [-0.15, -0.1) is 13.2 Å². The molecule has 0 saturated heterocycles. The lowest BCUT2D eigenvalue weighted by Crippen LogP contribution is -2.18. The molecule has 0 saturated carbocycles. The van der Waals surface area contributed by atoms with Gasteiger partial charge in [0.2, 0.25) is 5.75 Å². The van der Waals surface area contributed by atoms with E-state index < -0.39 is 12.1 Å². The highest BCUT2D eigenvalue weighted by Gasteiger charge is 2.34. The SMILES string of the molecule is COc1cc(C=O)cc(OC)c1OC(F)(F)F. The van der Waals surface area contributed by atoms with Gasteiger partial charge in [0, 0.05) is 5.56 Å². The van der Waals surface area contributed by atoms with Crippen LogP contribution in [0, 0.1) is 0 Å². The van der Waals surface area contributed by atoms with Gasteiger partial charge in [-0.3, -0.25) is 4.79 Å². The van der Waals surface area contributed by atoms with E-state index in [4.69, 9.17) is 9.47 Å². The van der Waals surface area contributed by atoms with Crippen LogP contribution in [0.25, 0.3) is 0 Å². The summed E-state index contributed by atoms with van der Waals surface area (Å²) in [6.45, 7) is 0. The molecule has 0 fully saturated rings. The molecular weight excluding hydrogens is 241 g/mol. The van der Waals surface area contributed by atoms with E-state index in [0.29, 0.717) is 6.29 Å². The van der Waals surface area contributed by atoms with Gasteiger partial charge < -0.3 is 14.2 Å². The first-order valence-corrected chi connectivity index (χ1v) is 4.38. The number of aldehydes is 1. The summed E-state index contributed by atoms with van der Waals surface area (Å²) < 4.78 is 49.7. The Morgan fingerprint density at radius 1 is 1.12 bits per heavy atom. The summed E-state index contributed by atoms with van der Waals surface area (Å²) in [7, 11) is 2.32. The molecule has 0 heterocycles. The zero-order valence-corrected chi connectivity index (χ0v) is 9.00. The number of methoxy groups -OCH3 is 2. The number of benzene rings is 1. The minimum absolute atomic E-state index is 0.119. The maximum absolute atomic E-state index is 12.2. The predicted molar refractivity (Wildman–Crippen MR) is 51.6 cm³/mol. The number of hydrogen-bond donors (Lipinski definition) is 0. The van der Waals surface area contributed by atoms with Crippen LogP contribution in [0.4, 0.5) is 13.2 Å². The number of ether oxygens (including phenoxy) is 3. The second-order valence-electron chi connectivity index (χ2n) is 2.92. The van der Waals surface area contributed by atoms with Gasteiger partial charge in [-0.1, -0.05) is 0 Å². The van der Waals surface area contributed by atoms with Crippen molar-refractivity contribution < 1.29 is 32.2 Å². The Balaban J connectivity index is 3.29. The summed E-state index contributed by atoms with van der Waals surface area (Å²) in [5, 5.41) is 0. The molecule has 0 amide bonds. The van der Waals surface area contributed by atoms with Crippen LogP contribution in [0.1, 0.15) is 10.4 Å². The molecule has 1 rings (SSSR count). The Kier molecular flexibility index (Phi) is 3.82. The average molecular weight is 250 g/mol. The largest absolute Gasteiger partial charge is 0.573 e. The summed E-state index contributed by atoms with van der Waals surface area (Å²) in [6.07, 6.45) is -4.41. The number of carbonyl (C=O) groups is 1. The van der Waals surface area contributed by atoms with Crippen molar-refractivity contribution in [2.45, 2.75) is 6.36 Å². The van der Waals surface area contributed by atoms with Gasteiger partial charge in [-0.2, -0.15) is 0 Å². The zero-order chi connectivity index (χ0) is 13.1. The monoisotopic (exact) mass is 250 g/mol. The molecule has 17 heavy (non-hydrogen) atoms. The third-order valence-electron chi connectivity index (χ3n) is 1.84. The standard InChI is InChI=1S/C10H9F3O4/c1-15-7-3-6(5-14)4-8(16-2)9(7)17-10(11,12)13/h3-5H,1-2H3. The topological polar surface area (TPSA) is 44.8 Å². The lowest BCUT2D eigenvalue weighted by atomic mass is 10.2. The highest BCUT2D eigenvalue weighted by atomic mass is 19.4. The van der Waals surface area contributed by atoms with Crippen LogP contribution in [0.3, 0.4) is 0 Å². The van der Waals surface area contributed by atoms with Crippen LogP contribution in [-0.4, -0.2) is 26.9 Å². The smallest absolute Gasteiger partial charge is 0.493 e. The van der Waals surface area contributed by atoms with Crippen molar-refractivity contribution in [3.63, 3.8) is 0 Å². The highest BCUT2D eigenvalue weighted by Crippen LogP contribution is 2.41. The van der Waals surface area contributed by atoms with Gasteiger partial charge in [-0.05, 0) is 12.1 Å². The van der Waals surface area contributed by atoms with E-state index in [0.717, 1.165) is 26.4 Å². The Morgan fingerprint density at radius 3 is 1.88 bits per heavy atom. The summed E-state index contributed by atoms with van der Waals surface area (Å²) in [5.41, 5.74) is 0.119. The molecule has 4 nitrogen and oxygen atoms in total. The molecule has 1 aromatic carbocycles. The summed E-state index contributed by atoms with van der Waals surface area (Å²) in [5.74, 6) is -1.08. The van der Waals surface area contributed by atoms with E-state index in [-0.39, 0.29) is 17.1 Å². The first-order valence-electron chi connectivity index (χ1n) is 4.38. The quantitative estimate of drug-likeness (QED) is 0.770. The molecule has 0 aliphatic heterocycles.